The van der Waals surface area contributed by atoms with Crippen LogP contribution in [0.25, 0.3) is 0 Å². The van der Waals surface area contributed by atoms with Crippen LogP contribution in [0.3, 0.4) is 0 Å². The Kier molecular flexibility index (Phi) is 5.28. The minimum absolute atomic E-state index is 0. The van der Waals surface area contributed by atoms with Crippen molar-refractivity contribution in [3.05, 3.63) is 0 Å². The Balaban J connectivity index is 0.00000147. The standard InChI is InChI=1S/C12H20BO6.Na/c1-11(2)14-5-7(16-11)9-10(19-13-18-9)8-6-15-12(3,4)17-8;/h7-10H,5-6H2,1-4H3;/q-1;+1/t7-,8-,9-,10-;/m1./s1. The average Bonchev–Trinajstić information content (AvgIpc) is 2.96. The zero-order valence-electron chi connectivity index (χ0n) is 12.8. The molecule has 0 N–H and O–H groups in total. The summed E-state index contributed by atoms with van der Waals surface area (Å²) in [6.07, 6.45) is -0.786. The van der Waals surface area contributed by atoms with Crippen molar-refractivity contribution >= 4 is 7.69 Å². The molecular formula is C12H20BNaO6. The quantitative estimate of drug-likeness (QED) is 0.530. The Bertz CT molecular complexity index is 321. The molecule has 0 bridgehead atoms. The molecule has 8 heteroatoms. The number of hydrogen-bond acceptors (Lipinski definition) is 6. The van der Waals surface area contributed by atoms with Gasteiger partial charge in [0.25, 0.3) is 0 Å². The van der Waals surface area contributed by atoms with Crippen LogP contribution in [0.5, 0.6) is 0 Å². The molecule has 0 aromatic heterocycles. The van der Waals surface area contributed by atoms with Crippen LogP contribution in [0, 0.1) is 0 Å². The van der Waals surface area contributed by atoms with Crippen molar-refractivity contribution in [3.63, 3.8) is 0 Å². The minimum Gasteiger partial charge on any atom is -0.620 e. The van der Waals surface area contributed by atoms with Crippen molar-refractivity contribution in [2.75, 3.05) is 13.2 Å². The van der Waals surface area contributed by atoms with Crippen molar-refractivity contribution in [1.29, 1.82) is 0 Å². The molecule has 0 aromatic carbocycles. The van der Waals surface area contributed by atoms with E-state index < -0.39 is 11.6 Å². The first-order valence-corrected chi connectivity index (χ1v) is 6.62. The number of rotatable bonds is 2. The average molecular weight is 294 g/mol. The molecular weight excluding hydrogens is 274 g/mol. The molecule has 3 aliphatic heterocycles. The molecule has 108 valence electrons. The monoisotopic (exact) mass is 294 g/mol. The van der Waals surface area contributed by atoms with Gasteiger partial charge >= 0.3 is 29.6 Å². The van der Waals surface area contributed by atoms with Crippen LogP contribution in [-0.4, -0.2) is 56.9 Å². The van der Waals surface area contributed by atoms with E-state index in [0.29, 0.717) is 13.2 Å². The molecule has 0 unspecified atom stereocenters. The second-order valence-electron chi connectivity index (χ2n) is 6.03. The maximum atomic E-state index is 5.83. The molecule has 0 amide bonds. The van der Waals surface area contributed by atoms with Crippen LogP contribution in [0.1, 0.15) is 27.7 Å². The van der Waals surface area contributed by atoms with Gasteiger partial charge in [0, 0.05) is 0 Å². The van der Waals surface area contributed by atoms with E-state index in [-0.39, 0.29) is 54.0 Å². The Morgan fingerprint density at radius 2 is 1.20 bits per heavy atom. The zero-order valence-corrected chi connectivity index (χ0v) is 14.8. The van der Waals surface area contributed by atoms with Crippen LogP contribution in [0.2, 0.25) is 0 Å². The van der Waals surface area contributed by atoms with Gasteiger partial charge < -0.3 is 28.3 Å². The van der Waals surface area contributed by atoms with Gasteiger partial charge in [0.15, 0.2) is 11.6 Å². The van der Waals surface area contributed by atoms with Crippen molar-refractivity contribution < 1.29 is 57.8 Å². The molecule has 3 aliphatic rings. The summed E-state index contributed by atoms with van der Waals surface area (Å²) >= 11 is 0. The maximum absolute atomic E-state index is 5.83. The summed E-state index contributed by atoms with van der Waals surface area (Å²) in [4.78, 5) is 0. The molecule has 3 rings (SSSR count). The van der Waals surface area contributed by atoms with Gasteiger partial charge in [-0.15, -0.1) is 0 Å². The molecule has 6 nitrogen and oxygen atoms in total. The van der Waals surface area contributed by atoms with Crippen LogP contribution in [0.15, 0.2) is 0 Å². The number of ether oxygens (including phenoxy) is 4. The summed E-state index contributed by atoms with van der Waals surface area (Å²) in [6.45, 7) is 8.53. The third kappa shape index (κ3) is 3.59. The van der Waals surface area contributed by atoms with Gasteiger partial charge in [0.1, 0.15) is 12.2 Å². The van der Waals surface area contributed by atoms with E-state index >= 15 is 0 Å². The summed E-state index contributed by atoms with van der Waals surface area (Å²) in [6, 6.07) is 0. The van der Waals surface area contributed by atoms with Gasteiger partial charge in [-0.3, -0.25) is 0 Å². The van der Waals surface area contributed by atoms with Crippen LogP contribution in [-0.2, 0) is 28.3 Å². The molecule has 20 heavy (non-hydrogen) atoms. The fourth-order valence-electron chi connectivity index (χ4n) is 2.67. The molecule has 0 aliphatic carbocycles. The van der Waals surface area contributed by atoms with E-state index in [0.717, 1.165) is 0 Å². The van der Waals surface area contributed by atoms with Gasteiger partial charge in [-0.05, 0) is 35.4 Å². The molecule has 3 heterocycles. The summed E-state index contributed by atoms with van der Waals surface area (Å²) in [5.41, 5.74) is 0. The van der Waals surface area contributed by atoms with Crippen molar-refractivity contribution in [3.8, 4) is 0 Å². The zero-order chi connectivity index (χ0) is 13.7. The van der Waals surface area contributed by atoms with E-state index in [1.807, 2.05) is 27.7 Å². The van der Waals surface area contributed by atoms with Crippen LogP contribution in [0.4, 0.5) is 0 Å². The number of hydrogen-bond donors (Lipinski definition) is 0. The van der Waals surface area contributed by atoms with Gasteiger partial charge in [-0.25, -0.2) is 0 Å². The van der Waals surface area contributed by atoms with E-state index in [9.17, 15) is 0 Å². The summed E-state index contributed by atoms with van der Waals surface area (Å²) in [5.74, 6) is -1.15. The molecule has 3 saturated heterocycles. The van der Waals surface area contributed by atoms with Crippen molar-refractivity contribution in [2.24, 2.45) is 0 Å². The largest absolute Gasteiger partial charge is 1.00 e. The van der Waals surface area contributed by atoms with Gasteiger partial charge in [-0.2, -0.15) is 0 Å². The summed E-state index contributed by atoms with van der Waals surface area (Å²) in [7, 11) is 1.36. The topological polar surface area (TPSA) is 55.4 Å². The summed E-state index contributed by atoms with van der Waals surface area (Å²) < 4.78 is 33.9. The smallest absolute Gasteiger partial charge is 0.620 e. The van der Waals surface area contributed by atoms with E-state index in [1.165, 1.54) is 7.69 Å². The van der Waals surface area contributed by atoms with Crippen LogP contribution < -0.4 is 29.6 Å². The normalized spacial score (nSPS) is 42.6. The fourth-order valence-corrected chi connectivity index (χ4v) is 2.67. The predicted molar refractivity (Wildman–Crippen MR) is 65.3 cm³/mol. The second kappa shape index (κ2) is 6.14. The second-order valence-corrected chi connectivity index (χ2v) is 6.03. The molecule has 2 radical (unpaired) electrons. The van der Waals surface area contributed by atoms with Crippen molar-refractivity contribution in [2.45, 2.75) is 63.7 Å². The van der Waals surface area contributed by atoms with Crippen LogP contribution >= 0.6 is 0 Å². The maximum Gasteiger partial charge on any atom is 1.00 e. The Hall–Kier alpha value is 0.825. The van der Waals surface area contributed by atoms with E-state index in [1.54, 1.807) is 0 Å². The van der Waals surface area contributed by atoms with E-state index in [4.69, 9.17) is 28.3 Å². The molecule has 0 spiro atoms. The molecule has 3 fully saturated rings. The first-order valence-electron chi connectivity index (χ1n) is 6.62. The minimum atomic E-state index is -0.576. The van der Waals surface area contributed by atoms with Gasteiger partial charge in [0.2, 0.25) is 0 Å². The van der Waals surface area contributed by atoms with Gasteiger partial charge in [-0.1, -0.05) is 0 Å². The molecule has 0 aromatic rings. The van der Waals surface area contributed by atoms with Gasteiger partial charge in [0.05, 0.1) is 25.4 Å². The van der Waals surface area contributed by atoms with Crippen molar-refractivity contribution in [1.82, 2.24) is 0 Å². The first-order chi connectivity index (χ1) is 8.86. The Labute approximate surface area is 142 Å². The molecule has 0 saturated carbocycles. The fraction of sp³-hybridized carbons (Fsp3) is 1.00. The predicted octanol–water partition coefficient (Wildman–Crippen LogP) is -2.39. The molecule has 4 atom stereocenters. The Morgan fingerprint density at radius 3 is 1.50 bits per heavy atom. The SMILES string of the molecule is CC1(C)OC[C@H]([C@H]2O[B-]O[C@@H]2[C@H]2COC(C)(C)O2)O1.[Na+]. The first kappa shape index (κ1) is 17.2. The van der Waals surface area contributed by atoms with E-state index in [2.05, 4.69) is 0 Å². The summed E-state index contributed by atoms with van der Waals surface area (Å²) in [5, 5.41) is 0. The third-order valence-corrected chi connectivity index (χ3v) is 3.54. The Morgan fingerprint density at radius 1 is 0.800 bits per heavy atom. The third-order valence-electron chi connectivity index (χ3n) is 3.54.